The number of carbonyl (C=O) groups excluding carboxylic acids is 1. The topological polar surface area (TPSA) is 55.6 Å². The Morgan fingerprint density at radius 2 is 2.20 bits per heavy atom. The summed E-state index contributed by atoms with van der Waals surface area (Å²) in [6.07, 6.45) is 1.42. The fourth-order valence-corrected chi connectivity index (χ4v) is 2.58. The number of rotatable bonds is 6. The summed E-state index contributed by atoms with van der Waals surface area (Å²) in [5.74, 6) is 0.614. The number of carbonyl (C=O) groups is 1. The first-order chi connectivity index (χ1) is 9.70. The SMILES string of the molecule is CCN(CC1CCOC1)C(=O)CC(N)c1ccccc1. The van der Waals surface area contributed by atoms with Gasteiger partial charge in [0, 0.05) is 38.1 Å². The van der Waals surface area contributed by atoms with Crippen molar-refractivity contribution in [3.8, 4) is 0 Å². The molecule has 4 nitrogen and oxygen atoms in total. The van der Waals surface area contributed by atoms with Crippen LogP contribution >= 0.6 is 0 Å². The van der Waals surface area contributed by atoms with Crippen LogP contribution < -0.4 is 5.73 Å². The first-order valence-electron chi connectivity index (χ1n) is 7.36. The van der Waals surface area contributed by atoms with Gasteiger partial charge in [0.15, 0.2) is 0 Å². The quantitative estimate of drug-likeness (QED) is 0.864. The van der Waals surface area contributed by atoms with E-state index >= 15 is 0 Å². The first kappa shape index (κ1) is 15.0. The van der Waals surface area contributed by atoms with Gasteiger partial charge in [-0.1, -0.05) is 30.3 Å². The van der Waals surface area contributed by atoms with Crippen LogP contribution in [0.2, 0.25) is 0 Å². The molecule has 0 radical (unpaired) electrons. The molecule has 0 spiro atoms. The molecule has 1 aliphatic rings. The standard InChI is InChI=1S/C16H24N2O2/c1-2-18(11-13-8-9-20-12-13)16(19)10-15(17)14-6-4-3-5-7-14/h3-7,13,15H,2,8-12,17H2,1H3. The smallest absolute Gasteiger partial charge is 0.224 e. The van der Waals surface area contributed by atoms with E-state index in [1.807, 2.05) is 42.2 Å². The number of ether oxygens (including phenoxy) is 1. The van der Waals surface area contributed by atoms with Crippen LogP contribution in [0.25, 0.3) is 0 Å². The van der Waals surface area contributed by atoms with Gasteiger partial charge < -0.3 is 15.4 Å². The summed E-state index contributed by atoms with van der Waals surface area (Å²) in [6, 6.07) is 9.58. The summed E-state index contributed by atoms with van der Waals surface area (Å²) < 4.78 is 5.37. The molecule has 0 aromatic heterocycles. The molecule has 2 N–H and O–H groups in total. The summed E-state index contributed by atoms with van der Waals surface area (Å²) in [6.45, 7) is 5.13. The Morgan fingerprint density at radius 1 is 1.45 bits per heavy atom. The molecular formula is C16H24N2O2. The van der Waals surface area contributed by atoms with Gasteiger partial charge in [-0.3, -0.25) is 4.79 Å². The molecular weight excluding hydrogens is 252 g/mol. The van der Waals surface area contributed by atoms with Gasteiger partial charge >= 0.3 is 0 Å². The lowest BCUT2D eigenvalue weighted by Gasteiger charge is -2.25. The largest absolute Gasteiger partial charge is 0.381 e. The van der Waals surface area contributed by atoms with Gasteiger partial charge in [0.2, 0.25) is 5.91 Å². The number of benzene rings is 1. The second-order valence-corrected chi connectivity index (χ2v) is 5.38. The lowest BCUT2D eigenvalue weighted by molar-refractivity contribution is -0.132. The maximum absolute atomic E-state index is 12.4. The van der Waals surface area contributed by atoms with Crippen molar-refractivity contribution >= 4 is 5.91 Å². The lowest BCUT2D eigenvalue weighted by atomic mass is 10.0. The molecule has 1 aromatic carbocycles. The molecule has 2 atom stereocenters. The molecule has 2 rings (SSSR count). The van der Waals surface area contributed by atoms with E-state index in [-0.39, 0.29) is 11.9 Å². The molecule has 1 aliphatic heterocycles. The molecule has 2 unspecified atom stereocenters. The summed E-state index contributed by atoms with van der Waals surface area (Å²) in [4.78, 5) is 14.3. The van der Waals surface area contributed by atoms with Crippen molar-refractivity contribution in [2.24, 2.45) is 11.7 Å². The number of nitrogens with zero attached hydrogens (tertiary/aromatic N) is 1. The minimum atomic E-state index is -0.224. The van der Waals surface area contributed by atoms with Crippen LogP contribution in [0, 0.1) is 5.92 Å². The molecule has 0 bridgehead atoms. The molecule has 0 saturated carbocycles. The zero-order chi connectivity index (χ0) is 14.4. The van der Waals surface area contributed by atoms with Gasteiger partial charge in [-0.15, -0.1) is 0 Å². The normalized spacial score (nSPS) is 19.8. The van der Waals surface area contributed by atoms with Gasteiger partial charge in [0.25, 0.3) is 0 Å². The second kappa shape index (κ2) is 7.41. The monoisotopic (exact) mass is 276 g/mol. The molecule has 4 heteroatoms. The van der Waals surface area contributed by atoms with Crippen molar-refractivity contribution in [1.29, 1.82) is 0 Å². The Labute approximate surface area is 120 Å². The molecule has 1 heterocycles. The predicted octanol–water partition coefficient (Wildman–Crippen LogP) is 1.96. The van der Waals surface area contributed by atoms with E-state index in [0.29, 0.717) is 12.3 Å². The van der Waals surface area contributed by atoms with Crippen molar-refractivity contribution in [2.75, 3.05) is 26.3 Å². The van der Waals surface area contributed by atoms with Crippen molar-refractivity contribution < 1.29 is 9.53 Å². The van der Waals surface area contributed by atoms with Crippen LogP contribution in [-0.2, 0) is 9.53 Å². The van der Waals surface area contributed by atoms with Gasteiger partial charge in [-0.05, 0) is 18.9 Å². The van der Waals surface area contributed by atoms with Crippen molar-refractivity contribution in [1.82, 2.24) is 4.90 Å². The molecule has 0 aliphatic carbocycles. The van der Waals surface area contributed by atoms with Crippen LogP contribution in [0.15, 0.2) is 30.3 Å². The Morgan fingerprint density at radius 3 is 2.80 bits per heavy atom. The average Bonchev–Trinajstić information content (AvgIpc) is 2.98. The summed E-state index contributed by atoms with van der Waals surface area (Å²) in [5, 5.41) is 0. The Bertz CT molecular complexity index is 416. The highest BCUT2D eigenvalue weighted by molar-refractivity contribution is 5.77. The van der Waals surface area contributed by atoms with Crippen LogP contribution in [0.1, 0.15) is 31.4 Å². The minimum Gasteiger partial charge on any atom is -0.381 e. The Kier molecular flexibility index (Phi) is 5.56. The van der Waals surface area contributed by atoms with Crippen molar-refractivity contribution in [3.05, 3.63) is 35.9 Å². The second-order valence-electron chi connectivity index (χ2n) is 5.38. The zero-order valence-electron chi connectivity index (χ0n) is 12.1. The third kappa shape index (κ3) is 4.05. The Balaban J connectivity index is 1.88. The number of hydrogen-bond acceptors (Lipinski definition) is 3. The fraction of sp³-hybridized carbons (Fsp3) is 0.562. The highest BCUT2D eigenvalue weighted by Crippen LogP contribution is 2.18. The molecule has 110 valence electrons. The van der Waals surface area contributed by atoms with Gasteiger partial charge in [0.1, 0.15) is 0 Å². The van der Waals surface area contributed by atoms with Crippen LogP contribution in [-0.4, -0.2) is 37.1 Å². The molecule has 1 saturated heterocycles. The third-order valence-corrected chi connectivity index (χ3v) is 3.86. The third-order valence-electron chi connectivity index (χ3n) is 3.86. The predicted molar refractivity (Wildman–Crippen MR) is 79.2 cm³/mol. The highest BCUT2D eigenvalue weighted by atomic mass is 16.5. The number of hydrogen-bond donors (Lipinski definition) is 1. The molecule has 1 amide bonds. The van der Waals surface area contributed by atoms with Crippen LogP contribution in [0.3, 0.4) is 0 Å². The van der Waals surface area contributed by atoms with E-state index in [4.69, 9.17) is 10.5 Å². The van der Waals surface area contributed by atoms with E-state index in [1.165, 1.54) is 0 Å². The summed E-state index contributed by atoms with van der Waals surface area (Å²) in [7, 11) is 0. The zero-order valence-corrected chi connectivity index (χ0v) is 12.1. The van der Waals surface area contributed by atoms with E-state index < -0.39 is 0 Å². The van der Waals surface area contributed by atoms with Gasteiger partial charge in [-0.2, -0.15) is 0 Å². The van der Waals surface area contributed by atoms with Crippen LogP contribution in [0.4, 0.5) is 0 Å². The van der Waals surface area contributed by atoms with Crippen molar-refractivity contribution in [2.45, 2.75) is 25.8 Å². The Hall–Kier alpha value is -1.39. The summed E-state index contributed by atoms with van der Waals surface area (Å²) >= 11 is 0. The maximum atomic E-state index is 12.4. The van der Waals surface area contributed by atoms with E-state index in [9.17, 15) is 4.79 Å². The highest BCUT2D eigenvalue weighted by Gasteiger charge is 2.22. The van der Waals surface area contributed by atoms with Crippen molar-refractivity contribution in [3.63, 3.8) is 0 Å². The minimum absolute atomic E-state index is 0.135. The summed E-state index contributed by atoms with van der Waals surface area (Å²) in [5.41, 5.74) is 7.14. The molecule has 20 heavy (non-hydrogen) atoms. The van der Waals surface area contributed by atoms with E-state index in [0.717, 1.165) is 38.3 Å². The average molecular weight is 276 g/mol. The van der Waals surface area contributed by atoms with Gasteiger partial charge in [0.05, 0.1) is 6.61 Å². The number of nitrogens with two attached hydrogens (primary N) is 1. The lowest BCUT2D eigenvalue weighted by Crippen LogP contribution is -2.37. The molecule has 1 aromatic rings. The first-order valence-corrected chi connectivity index (χ1v) is 7.36. The number of amides is 1. The fourth-order valence-electron chi connectivity index (χ4n) is 2.58. The molecule has 1 fully saturated rings. The van der Waals surface area contributed by atoms with Crippen LogP contribution in [0.5, 0.6) is 0 Å². The maximum Gasteiger partial charge on any atom is 0.224 e. The van der Waals surface area contributed by atoms with E-state index in [2.05, 4.69) is 0 Å². The van der Waals surface area contributed by atoms with Gasteiger partial charge in [-0.25, -0.2) is 0 Å². The van der Waals surface area contributed by atoms with E-state index in [1.54, 1.807) is 0 Å².